The molecule has 30 heavy (non-hydrogen) atoms. The zero-order valence-corrected chi connectivity index (χ0v) is 17.9. The Kier molecular flexibility index (Phi) is 8.68. The van der Waals surface area contributed by atoms with E-state index in [0.29, 0.717) is 0 Å². The van der Waals surface area contributed by atoms with Crippen molar-refractivity contribution < 1.29 is 22.4 Å². The van der Waals surface area contributed by atoms with Crippen LogP contribution in [-0.2, 0) is 10.3 Å². The van der Waals surface area contributed by atoms with E-state index < -0.39 is 12.7 Å². The van der Waals surface area contributed by atoms with Gasteiger partial charge in [-0.05, 0) is 26.2 Å². The average molecular weight is 446 g/mol. The van der Waals surface area contributed by atoms with Gasteiger partial charge < -0.3 is 15.1 Å². The van der Waals surface area contributed by atoms with Crippen LogP contribution in [0.4, 0.5) is 13.2 Å². The number of nitrogens with zero attached hydrogens (tertiary/aromatic N) is 3. The van der Waals surface area contributed by atoms with Crippen LogP contribution < -0.4 is 10.6 Å². The van der Waals surface area contributed by atoms with Gasteiger partial charge in [-0.2, -0.15) is 13.2 Å². The predicted octanol–water partition coefficient (Wildman–Crippen LogP) is 2.89. The summed E-state index contributed by atoms with van der Waals surface area (Å²) in [5.41, 5.74) is 0.770. The maximum Gasteiger partial charge on any atom is 0.405 e. The van der Waals surface area contributed by atoms with Gasteiger partial charge in [0.05, 0.1) is 11.7 Å². The third-order valence-corrected chi connectivity index (χ3v) is 5.25. The van der Waals surface area contributed by atoms with Gasteiger partial charge in [0.1, 0.15) is 6.54 Å². The minimum Gasteiger partial charge on any atom is -0.439 e. The SMILES string of the molecule is CSc1cncc(-c2cnc(C(C)(C)N3CCNCC3)o2)c1.O=CNCC(F)(F)F. The molecule has 1 aliphatic rings. The first-order chi connectivity index (χ1) is 14.2. The first-order valence-corrected chi connectivity index (χ1v) is 10.5. The van der Waals surface area contributed by atoms with Gasteiger partial charge >= 0.3 is 6.18 Å². The Morgan fingerprint density at radius 3 is 2.53 bits per heavy atom. The van der Waals surface area contributed by atoms with Crippen LogP contribution in [0.5, 0.6) is 0 Å². The topological polar surface area (TPSA) is 83.3 Å². The van der Waals surface area contributed by atoms with E-state index in [2.05, 4.69) is 40.1 Å². The Labute approximate surface area is 177 Å². The molecule has 11 heteroatoms. The fourth-order valence-corrected chi connectivity index (χ4v) is 3.28. The van der Waals surface area contributed by atoms with Crippen molar-refractivity contribution in [2.45, 2.75) is 30.5 Å². The van der Waals surface area contributed by atoms with Crippen LogP contribution in [0.2, 0.25) is 0 Å². The molecule has 0 spiro atoms. The van der Waals surface area contributed by atoms with Gasteiger partial charge in [-0.15, -0.1) is 11.8 Å². The van der Waals surface area contributed by atoms with Gasteiger partial charge in [0.25, 0.3) is 0 Å². The third kappa shape index (κ3) is 6.99. The number of piperazine rings is 1. The van der Waals surface area contributed by atoms with Crippen LogP contribution in [0.3, 0.4) is 0 Å². The Bertz CT molecular complexity index is 807. The highest BCUT2D eigenvalue weighted by atomic mass is 32.2. The average Bonchev–Trinajstić information content (AvgIpc) is 3.24. The van der Waals surface area contributed by atoms with Crippen LogP contribution in [0.15, 0.2) is 34.0 Å². The minimum atomic E-state index is -4.29. The molecule has 2 aromatic heterocycles. The minimum absolute atomic E-state index is 0.00743. The lowest BCUT2D eigenvalue weighted by molar-refractivity contribution is -0.132. The molecule has 1 fully saturated rings. The largest absolute Gasteiger partial charge is 0.439 e. The molecule has 1 aliphatic heterocycles. The van der Waals surface area contributed by atoms with Gasteiger partial charge in [-0.1, -0.05) is 0 Å². The molecule has 0 unspecified atom stereocenters. The van der Waals surface area contributed by atoms with Crippen molar-refractivity contribution in [2.24, 2.45) is 0 Å². The van der Waals surface area contributed by atoms with Crippen LogP contribution in [-0.4, -0.2) is 66.4 Å². The summed E-state index contributed by atoms with van der Waals surface area (Å²) < 4.78 is 39.1. The van der Waals surface area contributed by atoms with E-state index in [4.69, 9.17) is 4.42 Å². The Morgan fingerprint density at radius 1 is 1.27 bits per heavy atom. The summed E-state index contributed by atoms with van der Waals surface area (Å²) in [5, 5.41) is 4.86. The Hall–Kier alpha value is -2.11. The molecule has 0 saturated carbocycles. The summed E-state index contributed by atoms with van der Waals surface area (Å²) in [6.07, 6.45) is 3.24. The lowest BCUT2D eigenvalue weighted by Crippen LogP contribution is -2.51. The summed E-state index contributed by atoms with van der Waals surface area (Å²) in [7, 11) is 0. The fraction of sp³-hybridized carbons (Fsp3) is 0.526. The molecule has 0 bridgehead atoms. The number of amides is 1. The first kappa shape index (κ1) is 24.2. The van der Waals surface area contributed by atoms with Gasteiger partial charge in [-0.25, -0.2) is 4.98 Å². The molecule has 2 N–H and O–H groups in total. The molecule has 0 aromatic carbocycles. The molecule has 0 aliphatic carbocycles. The van der Waals surface area contributed by atoms with E-state index in [1.807, 2.05) is 18.6 Å². The maximum absolute atomic E-state index is 11.0. The van der Waals surface area contributed by atoms with Crippen molar-refractivity contribution >= 4 is 18.2 Å². The number of pyridine rings is 1. The van der Waals surface area contributed by atoms with E-state index in [-0.39, 0.29) is 11.9 Å². The van der Waals surface area contributed by atoms with Crippen LogP contribution in [0.25, 0.3) is 11.3 Å². The second kappa shape index (κ2) is 10.8. The van der Waals surface area contributed by atoms with E-state index in [1.165, 1.54) is 5.32 Å². The summed E-state index contributed by atoms with van der Waals surface area (Å²) >= 11 is 1.67. The lowest BCUT2D eigenvalue weighted by atomic mass is 10.0. The molecule has 0 radical (unpaired) electrons. The number of hydrogen-bond donors (Lipinski definition) is 2. The lowest BCUT2D eigenvalue weighted by Gasteiger charge is -2.38. The second-order valence-corrected chi connectivity index (χ2v) is 7.93. The van der Waals surface area contributed by atoms with Crippen molar-refractivity contribution in [3.05, 3.63) is 30.5 Å². The second-order valence-electron chi connectivity index (χ2n) is 7.05. The van der Waals surface area contributed by atoms with Crippen molar-refractivity contribution in [1.82, 2.24) is 25.5 Å². The molecule has 1 saturated heterocycles. The molecular formula is C19H26F3N5O2S. The number of carbonyl (C=O) groups is 1. The van der Waals surface area contributed by atoms with Gasteiger partial charge in [0.2, 0.25) is 12.3 Å². The number of aromatic nitrogens is 2. The highest BCUT2D eigenvalue weighted by molar-refractivity contribution is 7.98. The van der Waals surface area contributed by atoms with Gasteiger partial charge in [-0.3, -0.25) is 14.7 Å². The van der Waals surface area contributed by atoms with Crippen molar-refractivity contribution in [3.8, 4) is 11.3 Å². The van der Waals surface area contributed by atoms with E-state index in [1.54, 1.807) is 18.0 Å². The zero-order valence-electron chi connectivity index (χ0n) is 17.1. The molecular weight excluding hydrogens is 419 g/mol. The quantitative estimate of drug-likeness (QED) is 0.523. The van der Waals surface area contributed by atoms with Crippen molar-refractivity contribution in [1.29, 1.82) is 0 Å². The number of carbonyl (C=O) groups excluding carboxylic acids is 1. The smallest absolute Gasteiger partial charge is 0.405 e. The fourth-order valence-electron chi connectivity index (χ4n) is 2.87. The number of rotatable bonds is 6. The highest BCUT2D eigenvalue weighted by Crippen LogP contribution is 2.31. The molecule has 3 heterocycles. The summed E-state index contributed by atoms with van der Waals surface area (Å²) in [6, 6.07) is 2.08. The standard InChI is InChI=1S/C16H22N4OS.C3H4F3NO/c1-16(2,20-6-4-17-5-7-20)15-19-11-14(21-15)12-8-13(22-3)10-18-9-12;4-3(5,6)1-7-2-8/h8-11,17H,4-7H2,1-3H3;2H,1H2,(H,7,8). The monoisotopic (exact) mass is 445 g/mol. The maximum atomic E-state index is 11.0. The molecule has 0 atom stereocenters. The summed E-state index contributed by atoms with van der Waals surface area (Å²) in [6.45, 7) is 7.13. The number of nitrogens with one attached hydrogen (secondary N) is 2. The van der Waals surface area contributed by atoms with Crippen molar-refractivity contribution in [2.75, 3.05) is 39.0 Å². The molecule has 2 aromatic rings. The molecule has 166 valence electrons. The number of oxazole rings is 1. The molecule has 7 nitrogen and oxygen atoms in total. The van der Waals surface area contributed by atoms with Gasteiger partial charge in [0, 0.05) is 49.0 Å². The first-order valence-electron chi connectivity index (χ1n) is 9.32. The number of hydrogen-bond acceptors (Lipinski definition) is 7. The molecule has 1 amide bonds. The van der Waals surface area contributed by atoms with Crippen LogP contribution in [0, 0.1) is 0 Å². The summed E-state index contributed by atoms with van der Waals surface area (Å²) in [4.78, 5) is 21.6. The highest BCUT2D eigenvalue weighted by Gasteiger charge is 2.34. The number of thioether (sulfide) groups is 1. The third-order valence-electron chi connectivity index (χ3n) is 4.56. The van der Waals surface area contributed by atoms with Gasteiger partial charge in [0.15, 0.2) is 5.76 Å². The Balaban J connectivity index is 0.000000343. The van der Waals surface area contributed by atoms with Crippen LogP contribution in [0.1, 0.15) is 19.7 Å². The number of alkyl halides is 3. The molecule has 3 rings (SSSR count). The van der Waals surface area contributed by atoms with E-state index >= 15 is 0 Å². The van der Waals surface area contributed by atoms with Crippen molar-refractivity contribution in [3.63, 3.8) is 0 Å². The normalized spacial score (nSPS) is 15.3. The summed E-state index contributed by atoms with van der Waals surface area (Å²) in [5.74, 6) is 1.54. The van der Waals surface area contributed by atoms with Crippen LogP contribution >= 0.6 is 11.8 Å². The Morgan fingerprint density at radius 2 is 1.97 bits per heavy atom. The van der Waals surface area contributed by atoms with E-state index in [9.17, 15) is 18.0 Å². The van der Waals surface area contributed by atoms with E-state index in [0.717, 1.165) is 48.3 Å². The predicted molar refractivity (Wildman–Crippen MR) is 109 cm³/mol. The zero-order chi connectivity index (χ0) is 22.2. The number of halogens is 3.